The Balaban J connectivity index is 1.86. The molecule has 0 saturated carbocycles. The van der Waals surface area contributed by atoms with E-state index in [4.69, 9.17) is 11.5 Å². The highest BCUT2D eigenvalue weighted by Gasteiger charge is 2.35. The summed E-state index contributed by atoms with van der Waals surface area (Å²) in [5, 5.41) is 25.3. The number of amides is 1. The third kappa shape index (κ3) is 5.13. The van der Waals surface area contributed by atoms with Gasteiger partial charge in [0, 0.05) is 11.1 Å². The maximum Gasteiger partial charge on any atom is 0.242 e. The van der Waals surface area contributed by atoms with E-state index in [-0.39, 0.29) is 35.5 Å². The number of aromatic nitrogens is 1. The van der Waals surface area contributed by atoms with E-state index in [1.165, 1.54) is 11.8 Å². The molecular weight excluding hydrogens is 460 g/mol. The second-order valence-corrected chi connectivity index (χ2v) is 9.64. The summed E-state index contributed by atoms with van der Waals surface area (Å²) < 4.78 is -0.695. The number of hydrogen-bond donors (Lipinski definition) is 4. The fourth-order valence-electron chi connectivity index (χ4n) is 3.73. The number of nitrogens with two attached hydrogens (primary N) is 2. The monoisotopic (exact) mass is 484 g/mol. The molecule has 1 atom stereocenters. The normalized spacial score (nSPS) is 16.5. The molecule has 0 aliphatic carbocycles. The van der Waals surface area contributed by atoms with E-state index in [1.54, 1.807) is 30.3 Å². The molecule has 0 saturated heterocycles. The molecule has 1 amide bonds. The van der Waals surface area contributed by atoms with Gasteiger partial charge in [0.25, 0.3) is 0 Å². The lowest BCUT2D eigenvalue weighted by Gasteiger charge is -2.22. The zero-order valence-corrected chi connectivity index (χ0v) is 19.8. The first-order valence-corrected chi connectivity index (χ1v) is 11.7. The molecule has 35 heavy (non-hydrogen) atoms. The van der Waals surface area contributed by atoms with Gasteiger partial charge in [0.15, 0.2) is 11.8 Å². The van der Waals surface area contributed by atoms with Crippen LogP contribution in [0.1, 0.15) is 24.5 Å². The van der Waals surface area contributed by atoms with Crippen molar-refractivity contribution in [2.45, 2.75) is 24.6 Å². The number of hydrogen-bond acceptors (Lipinski definition) is 6. The van der Waals surface area contributed by atoms with Crippen molar-refractivity contribution in [3.05, 3.63) is 77.2 Å². The summed E-state index contributed by atoms with van der Waals surface area (Å²) in [7, 11) is 0. The van der Waals surface area contributed by atoms with Crippen molar-refractivity contribution >= 4 is 29.4 Å². The summed E-state index contributed by atoms with van der Waals surface area (Å²) in [5.74, 6) is -0.0939. The number of carbonyl (C=O) groups is 1. The molecular formula is C26H24N6O2S. The van der Waals surface area contributed by atoms with Crippen LogP contribution >= 0.6 is 11.8 Å². The number of rotatable bonds is 6. The zero-order valence-electron chi connectivity index (χ0n) is 19.0. The van der Waals surface area contributed by atoms with Crippen molar-refractivity contribution in [1.29, 1.82) is 5.26 Å². The van der Waals surface area contributed by atoms with Gasteiger partial charge in [0.2, 0.25) is 5.91 Å². The largest absolute Gasteiger partial charge is 0.507 e. The molecule has 0 spiro atoms. The third-order valence-corrected chi connectivity index (χ3v) is 6.84. The molecule has 1 unspecified atom stereocenters. The Labute approximate surface area is 207 Å². The second kappa shape index (κ2) is 9.91. The van der Waals surface area contributed by atoms with Crippen LogP contribution < -0.4 is 16.8 Å². The van der Waals surface area contributed by atoms with Gasteiger partial charge in [-0.1, -0.05) is 36.4 Å². The standard InChI is InChI=1S/C26H24N6O2S/c1-26(10-5-11-35-26)24(34)32-23-20(14-27)19(13-21(31-23)18-8-2-3-9-22(18)33)17-7-4-6-16(12-17)15-30-25(28)29/h2-9,11-13,33H,10,15H2,1H3,(H4,28,29,30)(H,31,32,34). The zero-order chi connectivity index (χ0) is 25.0. The fourth-order valence-corrected chi connectivity index (χ4v) is 4.57. The van der Waals surface area contributed by atoms with Crippen molar-refractivity contribution in [3.63, 3.8) is 0 Å². The minimum Gasteiger partial charge on any atom is -0.507 e. The summed E-state index contributed by atoms with van der Waals surface area (Å²) >= 11 is 1.42. The topological polar surface area (TPSA) is 150 Å². The smallest absolute Gasteiger partial charge is 0.242 e. The molecule has 3 aromatic rings. The molecule has 0 radical (unpaired) electrons. The SMILES string of the molecule is CC1(C(=O)Nc2nc(-c3ccccc3O)cc(-c3cccc(CN=C(N)N)c3)c2C#N)CC=CS1. The van der Waals surface area contributed by atoms with Crippen LogP contribution in [-0.2, 0) is 11.3 Å². The highest BCUT2D eigenvalue weighted by molar-refractivity contribution is 8.04. The number of aromatic hydroxyl groups is 1. The van der Waals surface area contributed by atoms with Gasteiger partial charge >= 0.3 is 0 Å². The van der Waals surface area contributed by atoms with Crippen LogP contribution in [-0.4, -0.2) is 26.7 Å². The average Bonchev–Trinajstić information content (AvgIpc) is 3.30. The van der Waals surface area contributed by atoms with Gasteiger partial charge < -0.3 is 21.9 Å². The van der Waals surface area contributed by atoms with Crippen molar-refractivity contribution in [2.75, 3.05) is 5.32 Å². The van der Waals surface area contributed by atoms with Crippen LogP contribution in [0.25, 0.3) is 22.4 Å². The number of para-hydroxylation sites is 1. The predicted octanol–water partition coefficient (Wildman–Crippen LogP) is 4.11. The van der Waals surface area contributed by atoms with Crippen LogP contribution in [0.3, 0.4) is 0 Å². The molecule has 4 rings (SSSR count). The second-order valence-electron chi connectivity index (χ2n) is 8.23. The van der Waals surface area contributed by atoms with Gasteiger partial charge in [0.05, 0.1) is 17.0 Å². The quantitative estimate of drug-likeness (QED) is 0.303. The van der Waals surface area contributed by atoms with Crippen molar-refractivity contribution in [3.8, 4) is 34.2 Å². The number of phenolic OH excluding ortho intramolecular Hbond substituents is 1. The molecule has 1 aromatic heterocycles. The maximum absolute atomic E-state index is 13.2. The van der Waals surface area contributed by atoms with E-state index in [1.807, 2.05) is 42.7 Å². The Morgan fingerprint density at radius 2 is 2.03 bits per heavy atom. The van der Waals surface area contributed by atoms with E-state index in [0.717, 1.165) is 11.1 Å². The summed E-state index contributed by atoms with van der Waals surface area (Å²) in [4.78, 5) is 21.8. The van der Waals surface area contributed by atoms with Crippen molar-refractivity contribution < 1.29 is 9.90 Å². The van der Waals surface area contributed by atoms with Gasteiger partial charge in [-0.15, -0.1) is 11.8 Å². The number of anilines is 1. The summed E-state index contributed by atoms with van der Waals surface area (Å²) in [6.07, 6.45) is 2.51. The Hall–Kier alpha value is -4.29. The number of benzene rings is 2. The molecule has 8 nitrogen and oxygen atoms in total. The molecule has 6 N–H and O–H groups in total. The van der Waals surface area contributed by atoms with Crippen LogP contribution in [0.5, 0.6) is 5.75 Å². The molecule has 1 aliphatic heterocycles. The van der Waals surface area contributed by atoms with Gasteiger partial charge in [-0.2, -0.15) is 5.26 Å². The number of phenols is 1. The van der Waals surface area contributed by atoms with Crippen LogP contribution in [0.15, 0.2) is 71.1 Å². The van der Waals surface area contributed by atoms with Crippen LogP contribution in [0, 0.1) is 11.3 Å². The van der Waals surface area contributed by atoms with Crippen molar-refractivity contribution in [2.24, 2.45) is 16.5 Å². The summed E-state index contributed by atoms with van der Waals surface area (Å²) in [5.41, 5.74) is 14.2. The Kier molecular flexibility index (Phi) is 6.75. The number of nitriles is 1. The minimum atomic E-state index is -0.695. The predicted molar refractivity (Wildman–Crippen MR) is 139 cm³/mol. The Morgan fingerprint density at radius 3 is 2.71 bits per heavy atom. The van der Waals surface area contributed by atoms with Gasteiger partial charge in [-0.05, 0) is 54.1 Å². The lowest BCUT2D eigenvalue weighted by Crippen LogP contribution is -2.35. The molecule has 9 heteroatoms. The fraction of sp³-hybridized carbons (Fsp3) is 0.154. The highest BCUT2D eigenvalue weighted by Crippen LogP contribution is 2.39. The molecule has 2 aromatic carbocycles. The van der Waals surface area contributed by atoms with Gasteiger partial charge in [-0.3, -0.25) is 4.79 Å². The number of nitrogens with one attached hydrogen (secondary N) is 1. The van der Waals surface area contributed by atoms with E-state index in [2.05, 4.69) is 21.4 Å². The number of nitrogens with zero attached hydrogens (tertiary/aromatic N) is 3. The number of thioether (sulfide) groups is 1. The maximum atomic E-state index is 13.2. The van der Waals surface area contributed by atoms with Crippen LogP contribution in [0.2, 0.25) is 0 Å². The molecule has 2 heterocycles. The lowest BCUT2D eigenvalue weighted by molar-refractivity contribution is -0.118. The number of allylic oxidation sites excluding steroid dienone is 1. The number of carbonyl (C=O) groups excluding carboxylic acids is 1. The summed E-state index contributed by atoms with van der Waals surface area (Å²) in [6, 6.07) is 18.2. The minimum absolute atomic E-state index is 0.0170. The lowest BCUT2D eigenvalue weighted by atomic mass is 9.96. The van der Waals surface area contributed by atoms with Crippen LogP contribution in [0.4, 0.5) is 5.82 Å². The van der Waals surface area contributed by atoms with Crippen molar-refractivity contribution in [1.82, 2.24) is 4.98 Å². The molecule has 0 bridgehead atoms. The third-order valence-electron chi connectivity index (χ3n) is 5.64. The van der Waals surface area contributed by atoms with E-state index < -0.39 is 4.75 Å². The molecule has 176 valence electrons. The van der Waals surface area contributed by atoms with Gasteiger partial charge in [0.1, 0.15) is 17.4 Å². The first-order chi connectivity index (χ1) is 16.8. The Bertz CT molecular complexity index is 1380. The van der Waals surface area contributed by atoms with E-state index >= 15 is 0 Å². The number of guanidine groups is 1. The summed E-state index contributed by atoms with van der Waals surface area (Å²) in [6.45, 7) is 2.13. The number of pyridine rings is 1. The Morgan fingerprint density at radius 1 is 1.23 bits per heavy atom. The first-order valence-electron chi connectivity index (χ1n) is 10.8. The highest BCUT2D eigenvalue weighted by atomic mass is 32.2. The molecule has 1 aliphatic rings. The first kappa shape index (κ1) is 23.9. The van der Waals surface area contributed by atoms with E-state index in [9.17, 15) is 15.2 Å². The molecule has 0 fully saturated rings. The average molecular weight is 485 g/mol. The number of aliphatic imine (C=N–C) groups is 1. The van der Waals surface area contributed by atoms with E-state index in [0.29, 0.717) is 23.2 Å². The van der Waals surface area contributed by atoms with Gasteiger partial charge in [-0.25, -0.2) is 9.98 Å².